The number of aliphatic hydroxyl groups excluding tert-OH is 1. The van der Waals surface area contributed by atoms with Gasteiger partial charge in [0.1, 0.15) is 11.3 Å². The highest BCUT2D eigenvalue weighted by Gasteiger charge is 2.71. The van der Waals surface area contributed by atoms with Gasteiger partial charge in [0, 0.05) is 22.9 Å². The van der Waals surface area contributed by atoms with Crippen LogP contribution in [-0.4, -0.2) is 47.0 Å². The first-order valence-corrected chi connectivity index (χ1v) is 10.2. The molecule has 2 aromatic rings. The number of aliphatic hydroxyl groups is 1. The number of para-hydroxylation sites is 2. The number of methoxy groups -OCH3 is 1. The smallest absolute Gasteiger partial charge is 0.250 e. The van der Waals surface area contributed by atoms with Gasteiger partial charge in [-0.15, -0.1) is 0 Å². The third-order valence-electron chi connectivity index (χ3n) is 6.69. The standard InChI is InChI=1S/C23H23N3O5/c1-12(27)19-17-18(23(25-19)14-8-4-5-9-15(14)24-22(23)30)21(29)26(20(17)28)11-13-7-3-6-10-16(13)31-2/h3-10,12,17-19,25,27H,11H2,1-2H3,(H,24,30). The molecule has 0 bridgehead atoms. The first kappa shape index (κ1) is 19.7. The minimum Gasteiger partial charge on any atom is -0.496 e. The predicted molar refractivity (Wildman–Crippen MR) is 111 cm³/mol. The summed E-state index contributed by atoms with van der Waals surface area (Å²) in [5, 5.41) is 16.5. The molecule has 1 spiro atoms. The summed E-state index contributed by atoms with van der Waals surface area (Å²) in [5.74, 6) is -2.43. The summed E-state index contributed by atoms with van der Waals surface area (Å²) in [6.07, 6.45) is -0.935. The first-order chi connectivity index (χ1) is 14.9. The Morgan fingerprint density at radius 2 is 1.81 bits per heavy atom. The molecule has 5 atom stereocenters. The normalized spacial score (nSPS) is 29.8. The van der Waals surface area contributed by atoms with Crippen LogP contribution in [0.4, 0.5) is 5.69 Å². The van der Waals surface area contributed by atoms with Crippen LogP contribution in [0.5, 0.6) is 5.75 Å². The maximum absolute atomic E-state index is 13.6. The number of fused-ring (bicyclic) bond motifs is 4. The molecule has 3 aliphatic rings. The molecule has 160 valence electrons. The number of benzene rings is 2. The fraction of sp³-hybridized carbons (Fsp3) is 0.348. The molecule has 8 nitrogen and oxygen atoms in total. The minimum atomic E-state index is -1.40. The number of ether oxygens (including phenoxy) is 1. The number of anilines is 1. The van der Waals surface area contributed by atoms with Gasteiger partial charge in [-0.2, -0.15) is 0 Å². The van der Waals surface area contributed by atoms with Gasteiger partial charge in [0.25, 0.3) is 0 Å². The highest BCUT2D eigenvalue weighted by Crippen LogP contribution is 2.53. The summed E-state index contributed by atoms with van der Waals surface area (Å²) in [4.78, 5) is 41.5. The second kappa shape index (κ2) is 6.90. The van der Waals surface area contributed by atoms with Crippen molar-refractivity contribution in [2.75, 3.05) is 12.4 Å². The molecular weight excluding hydrogens is 398 g/mol. The average Bonchev–Trinajstić information content (AvgIpc) is 3.35. The number of hydrogen-bond acceptors (Lipinski definition) is 6. The second-order valence-corrected chi connectivity index (χ2v) is 8.30. The van der Waals surface area contributed by atoms with Crippen LogP contribution in [-0.2, 0) is 26.5 Å². The zero-order valence-electron chi connectivity index (χ0n) is 17.2. The van der Waals surface area contributed by atoms with Crippen molar-refractivity contribution in [2.45, 2.75) is 31.2 Å². The Morgan fingerprint density at radius 1 is 1.10 bits per heavy atom. The molecule has 3 N–H and O–H groups in total. The monoisotopic (exact) mass is 421 g/mol. The maximum Gasteiger partial charge on any atom is 0.250 e. The number of likely N-dealkylation sites (tertiary alicyclic amines) is 1. The summed E-state index contributed by atoms with van der Waals surface area (Å²) < 4.78 is 5.37. The molecule has 8 heteroatoms. The van der Waals surface area contributed by atoms with Crippen LogP contribution < -0.4 is 15.4 Å². The molecule has 31 heavy (non-hydrogen) atoms. The number of carbonyl (C=O) groups is 3. The fourth-order valence-electron chi connectivity index (χ4n) is 5.32. The number of nitrogens with zero attached hydrogens (tertiary/aromatic N) is 1. The van der Waals surface area contributed by atoms with Crippen LogP contribution in [0.25, 0.3) is 0 Å². The molecular formula is C23H23N3O5. The van der Waals surface area contributed by atoms with Gasteiger partial charge >= 0.3 is 0 Å². The SMILES string of the molecule is COc1ccccc1CN1C(=O)C2C(C(C)O)NC3(C(=O)Nc4ccccc43)C2C1=O. The van der Waals surface area contributed by atoms with E-state index in [9.17, 15) is 19.5 Å². The lowest BCUT2D eigenvalue weighted by molar-refractivity contribution is -0.143. The van der Waals surface area contributed by atoms with Gasteiger partial charge in [0.15, 0.2) is 0 Å². The number of imide groups is 1. The lowest BCUT2D eigenvalue weighted by Gasteiger charge is -2.30. The molecule has 0 saturated carbocycles. The summed E-state index contributed by atoms with van der Waals surface area (Å²) in [7, 11) is 1.53. The van der Waals surface area contributed by atoms with Crippen molar-refractivity contribution < 1.29 is 24.2 Å². The van der Waals surface area contributed by atoms with Crippen molar-refractivity contribution in [3.05, 3.63) is 59.7 Å². The lowest BCUT2D eigenvalue weighted by atomic mass is 9.76. The van der Waals surface area contributed by atoms with E-state index in [1.165, 1.54) is 12.0 Å². The number of nitrogens with one attached hydrogen (secondary N) is 2. The van der Waals surface area contributed by atoms with Crippen molar-refractivity contribution in [3.63, 3.8) is 0 Å². The summed E-state index contributed by atoms with van der Waals surface area (Å²) in [6, 6.07) is 13.6. The largest absolute Gasteiger partial charge is 0.496 e. The summed E-state index contributed by atoms with van der Waals surface area (Å²) in [5.41, 5.74) is 0.524. The molecule has 0 aromatic heterocycles. The third kappa shape index (κ3) is 2.58. The van der Waals surface area contributed by atoms with Crippen LogP contribution >= 0.6 is 0 Å². The van der Waals surface area contributed by atoms with Crippen molar-refractivity contribution in [1.82, 2.24) is 10.2 Å². The molecule has 2 aromatic carbocycles. The molecule has 0 aliphatic carbocycles. The Kier molecular flexibility index (Phi) is 4.39. The molecule has 5 rings (SSSR count). The molecule has 3 amide bonds. The quantitative estimate of drug-likeness (QED) is 0.636. The van der Waals surface area contributed by atoms with Crippen LogP contribution in [0.15, 0.2) is 48.5 Å². The van der Waals surface area contributed by atoms with Crippen LogP contribution in [0.3, 0.4) is 0 Å². The van der Waals surface area contributed by atoms with Gasteiger partial charge in [-0.05, 0) is 19.1 Å². The van der Waals surface area contributed by atoms with E-state index in [1.54, 1.807) is 43.3 Å². The summed E-state index contributed by atoms with van der Waals surface area (Å²) >= 11 is 0. The van der Waals surface area contributed by atoms with Crippen LogP contribution in [0.1, 0.15) is 18.1 Å². The highest BCUT2D eigenvalue weighted by molar-refractivity contribution is 6.15. The fourth-order valence-corrected chi connectivity index (χ4v) is 5.32. The molecule has 2 saturated heterocycles. The number of hydrogen-bond donors (Lipinski definition) is 3. The minimum absolute atomic E-state index is 0.0422. The van der Waals surface area contributed by atoms with Gasteiger partial charge in [-0.1, -0.05) is 36.4 Å². The van der Waals surface area contributed by atoms with E-state index < -0.39 is 41.3 Å². The van der Waals surface area contributed by atoms with E-state index in [4.69, 9.17) is 4.74 Å². The molecule has 0 radical (unpaired) electrons. The van der Waals surface area contributed by atoms with Gasteiger partial charge in [-0.3, -0.25) is 24.6 Å². The van der Waals surface area contributed by atoms with E-state index in [1.807, 2.05) is 12.1 Å². The van der Waals surface area contributed by atoms with Gasteiger partial charge in [0.2, 0.25) is 17.7 Å². The topological polar surface area (TPSA) is 108 Å². The van der Waals surface area contributed by atoms with E-state index in [-0.39, 0.29) is 12.5 Å². The third-order valence-corrected chi connectivity index (χ3v) is 6.69. The van der Waals surface area contributed by atoms with E-state index in [0.717, 1.165) is 0 Å². The molecule has 2 fully saturated rings. The zero-order chi connectivity index (χ0) is 21.9. The Hall–Kier alpha value is -3.23. The Bertz CT molecular complexity index is 1100. The van der Waals surface area contributed by atoms with E-state index in [0.29, 0.717) is 22.6 Å². The summed E-state index contributed by atoms with van der Waals surface area (Å²) in [6.45, 7) is 1.60. The highest BCUT2D eigenvalue weighted by atomic mass is 16.5. The Labute approximate surface area is 179 Å². The van der Waals surface area contributed by atoms with Crippen LogP contribution in [0, 0.1) is 11.8 Å². The zero-order valence-corrected chi connectivity index (χ0v) is 17.2. The second-order valence-electron chi connectivity index (χ2n) is 8.30. The number of amides is 3. The van der Waals surface area contributed by atoms with Crippen molar-refractivity contribution in [1.29, 1.82) is 0 Å². The maximum atomic E-state index is 13.6. The van der Waals surface area contributed by atoms with Crippen molar-refractivity contribution >= 4 is 23.4 Å². The van der Waals surface area contributed by atoms with Gasteiger partial charge < -0.3 is 15.2 Å². The first-order valence-electron chi connectivity index (χ1n) is 10.2. The van der Waals surface area contributed by atoms with E-state index in [2.05, 4.69) is 10.6 Å². The molecule has 3 aliphatic heterocycles. The van der Waals surface area contributed by atoms with Crippen molar-refractivity contribution in [3.8, 4) is 5.75 Å². The Balaban J connectivity index is 1.60. The molecule has 5 unspecified atom stereocenters. The lowest BCUT2D eigenvalue weighted by Crippen LogP contribution is -2.54. The number of rotatable bonds is 4. The average molecular weight is 421 g/mol. The number of carbonyl (C=O) groups excluding carboxylic acids is 3. The van der Waals surface area contributed by atoms with Gasteiger partial charge in [0.05, 0.1) is 31.6 Å². The molecule has 3 heterocycles. The Morgan fingerprint density at radius 3 is 2.55 bits per heavy atom. The van der Waals surface area contributed by atoms with E-state index >= 15 is 0 Å². The van der Waals surface area contributed by atoms with Crippen molar-refractivity contribution in [2.24, 2.45) is 11.8 Å². The van der Waals surface area contributed by atoms with Gasteiger partial charge in [-0.25, -0.2) is 0 Å². The predicted octanol–water partition coefficient (Wildman–Crippen LogP) is 0.997. The van der Waals surface area contributed by atoms with Crippen LogP contribution in [0.2, 0.25) is 0 Å².